The highest BCUT2D eigenvalue weighted by Crippen LogP contribution is 2.24. The number of fused-ring (bicyclic) bond motifs is 1. The lowest BCUT2D eigenvalue weighted by atomic mass is 10.1. The molecule has 2 aromatic rings. The summed E-state index contributed by atoms with van der Waals surface area (Å²) in [5.41, 5.74) is 0.640. The number of anilines is 1. The van der Waals surface area contributed by atoms with E-state index in [1.54, 1.807) is 31.3 Å². The monoisotopic (exact) mass is 286 g/mol. The maximum atomic E-state index is 12.2. The summed E-state index contributed by atoms with van der Waals surface area (Å²) >= 11 is 0. The lowest BCUT2D eigenvalue weighted by molar-refractivity contribution is 0.0935. The van der Waals surface area contributed by atoms with Gasteiger partial charge in [-0.2, -0.15) is 0 Å². The number of nitrogens with one attached hydrogen (secondary N) is 2. The van der Waals surface area contributed by atoms with Gasteiger partial charge in [0, 0.05) is 26.0 Å². The molecule has 7 nitrogen and oxygen atoms in total. The van der Waals surface area contributed by atoms with E-state index in [4.69, 9.17) is 0 Å². The standard InChI is InChI=1S/C14H14N4O3/c1-17-7-9(13(20)18(2)14(17)21)11-15-10-6-4-3-5-8(10)12(19)16-11/h3-7,11,15H,1-2H3,(H,16,19)/t11-/m0/s1. The molecule has 3 rings (SSSR count). The summed E-state index contributed by atoms with van der Waals surface area (Å²) in [5, 5.41) is 5.82. The molecule has 0 saturated carbocycles. The maximum Gasteiger partial charge on any atom is 0.330 e. The molecule has 1 aromatic carbocycles. The number of carbonyl (C=O) groups excluding carboxylic acids is 1. The van der Waals surface area contributed by atoms with Gasteiger partial charge in [-0.1, -0.05) is 12.1 Å². The van der Waals surface area contributed by atoms with Gasteiger partial charge in [0.1, 0.15) is 6.17 Å². The minimum absolute atomic E-state index is 0.259. The zero-order valence-corrected chi connectivity index (χ0v) is 11.6. The van der Waals surface area contributed by atoms with Crippen LogP contribution >= 0.6 is 0 Å². The average Bonchev–Trinajstić information content (AvgIpc) is 2.49. The first-order valence-corrected chi connectivity index (χ1v) is 6.42. The third-order valence-electron chi connectivity index (χ3n) is 3.53. The first kappa shape index (κ1) is 13.2. The summed E-state index contributed by atoms with van der Waals surface area (Å²) in [7, 11) is 2.97. The Labute approximate surface area is 119 Å². The first-order chi connectivity index (χ1) is 9.99. The van der Waals surface area contributed by atoms with E-state index in [2.05, 4.69) is 10.6 Å². The van der Waals surface area contributed by atoms with E-state index in [-0.39, 0.29) is 5.91 Å². The molecular weight excluding hydrogens is 272 g/mol. The summed E-state index contributed by atoms with van der Waals surface area (Å²) in [4.78, 5) is 36.0. The summed E-state index contributed by atoms with van der Waals surface area (Å²) in [5.74, 6) is -0.259. The Morgan fingerprint density at radius 3 is 2.52 bits per heavy atom. The molecule has 0 saturated heterocycles. The summed E-state index contributed by atoms with van der Waals surface area (Å²) in [6.45, 7) is 0. The van der Waals surface area contributed by atoms with Gasteiger partial charge in [0.25, 0.3) is 11.5 Å². The molecule has 7 heteroatoms. The fourth-order valence-electron chi connectivity index (χ4n) is 2.40. The highest BCUT2D eigenvalue weighted by molar-refractivity contribution is 6.01. The predicted molar refractivity (Wildman–Crippen MR) is 77.2 cm³/mol. The molecule has 0 spiro atoms. The van der Waals surface area contributed by atoms with Crippen LogP contribution in [0.25, 0.3) is 0 Å². The van der Waals surface area contributed by atoms with Gasteiger partial charge >= 0.3 is 5.69 Å². The third-order valence-corrected chi connectivity index (χ3v) is 3.53. The van der Waals surface area contributed by atoms with Gasteiger partial charge in [0.2, 0.25) is 0 Å². The van der Waals surface area contributed by atoms with E-state index in [1.165, 1.54) is 17.8 Å². The molecular formula is C14H14N4O3. The van der Waals surface area contributed by atoms with E-state index in [9.17, 15) is 14.4 Å². The Morgan fingerprint density at radius 2 is 1.76 bits per heavy atom. The molecule has 0 fully saturated rings. The highest BCUT2D eigenvalue weighted by atomic mass is 16.2. The number of hydrogen-bond acceptors (Lipinski definition) is 4. The van der Waals surface area contributed by atoms with Gasteiger partial charge < -0.3 is 15.2 Å². The second-order valence-electron chi connectivity index (χ2n) is 4.94. The molecule has 0 radical (unpaired) electrons. The Balaban J connectivity index is 2.11. The van der Waals surface area contributed by atoms with E-state index in [0.29, 0.717) is 16.8 Å². The number of nitrogens with zero attached hydrogens (tertiary/aromatic N) is 2. The van der Waals surface area contributed by atoms with Crippen molar-refractivity contribution in [3.05, 3.63) is 62.4 Å². The molecule has 2 N–H and O–H groups in total. The predicted octanol–water partition coefficient (Wildman–Crippen LogP) is -0.0619. The van der Waals surface area contributed by atoms with E-state index in [0.717, 1.165) is 4.57 Å². The Kier molecular flexibility index (Phi) is 2.90. The van der Waals surface area contributed by atoms with Crippen molar-refractivity contribution in [2.75, 3.05) is 5.32 Å². The van der Waals surface area contributed by atoms with Crippen LogP contribution in [0.3, 0.4) is 0 Å². The number of carbonyl (C=O) groups is 1. The molecule has 1 atom stereocenters. The lowest BCUT2D eigenvalue weighted by Gasteiger charge is -2.27. The molecule has 0 unspecified atom stereocenters. The fraction of sp³-hybridized carbons (Fsp3) is 0.214. The van der Waals surface area contributed by atoms with Crippen molar-refractivity contribution < 1.29 is 4.79 Å². The van der Waals surface area contributed by atoms with Crippen LogP contribution in [0, 0.1) is 0 Å². The summed E-state index contributed by atoms with van der Waals surface area (Å²) in [6.07, 6.45) is 0.772. The minimum Gasteiger partial charge on any atom is -0.361 e. The molecule has 2 heterocycles. The number of aromatic nitrogens is 2. The van der Waals surface area contributed by atoms with E-state index < -0.39 is 17.4 Å². The quantitative estimate of drug-likeness (QED) is 0.769. The van der Waals surface area contributed by atoms with Gasteiger partial charge in [0.15, 0.2) is 0 Å². The van der Waals surface area contributed by atoms with Gasteiger partial charge in [-0.3, -0.25) is 14.2 Å². The van der Waals surface area contributed by atoms with Crippen LogP contribution in [-0.2, 0) is 14.1 Å². The van der Waals surface area contributed by atoms with Crippen LogP contribution < -0.4 is 21.9 Å². The number of para-hydroxylation sites is 1. The van der Waals surface area contributed by atoms with Crippen LogP contribution in [0.2, 0.25) is 0 Å². The summed E-state index contributed by atoms with van der Waals surface area (Å²) < 4.78 is 2.33. The van der Waals surface area contributed by atoms with Crippen molar-refractivity contribution in [1.29, 1.82) is 0 Å². The number of hydrogen-bond donors (Lipinski definition) is 2. The van der Waals surface area contributed by atoms with Crippen molar-refractivity contribution in [2.24, 2.45) is 14.1 Å². The second kappa shape index (κ2) is 4.62. The largest absolute Gasteiger partial charge is 0.361 e. The number of aryl methyl sites for hydroxylation is 1. The normalized spacial score (nSPS) is 16.9. The summed E-state index contributed by atoms with van der Waals surface area (Å²) in [6, 6.07) is 7.05. The maximum absolute atomic E-state index is 12.2. The first-order valence-electron chi connectivity index (χ1n) is 6.42. The molecule has 1 aliphatic heterocycles. The van der Waals surface area contributed by atoms with Crippen molar-refractivity contribution in [1.82, 2.24) is 14.5 Å². The molecule has 1 aliphatic rings. The van der Waals surface area contributed by atoms with Crippen LogP contribution in [0.5, 0.6) is 0 Å². The average molecular weight is 286 g/mol. The van der Waals surface area contributed by atoms with Gasteiger partial charge in [-0.15, -0.1) is 0 Å². The second-order valence-corrected chi connectivity index (χ2v) is 4.94. The van der Waals surface area contributed by atoms with E-state index in [1.807, 2.05) is 0 Å². The van der Waals surface area contributed by atoms with Crippen LogP contribution in [0.15, 0.2) is 40.1 Å². The van der Waals surface area contributed by atoms with E-state index >= 15 is 0 Å². The van der Waals surface area contributed by atoms with Crippen molar-refractivity contribution >= 4 is 11.6 Å². The smallest absolute Gasteiger partial charge is 0.330 e. The minimum atomic E-state index is -0.669. The van der Waals surface area contributed by atoms with Crippen LogP contribution in [0.1, 0.15) is 22.1 Å². The van der Waals surface area contributed by atoms with Gasteiger partial charge in [-0.25, -0.2) is 4.79 Å². The SMILES string of the molecule is Cn1cc([C@@H]2NC(=O)c3ccccc3N2)c(=O)n(C)c1=O. The topological polar surface area (TPSA) is 85.1 Å². The molecule has 108 valence electrons. The Bertz CT molecular complexity index is 850. The third kappa shape index (κ3) is 2.03. The number of benzene rings is 1. The molecule has 1 aromatic heterocycles. The van der Waals surface area contributed by atoms with Crippen molar-refractivity contribution in [2.45, 2.75) is 6.17 Å². The van der Waals surface area contributed by atoms with Crippen LogP contribution in [0.4, 0.5) is 5.69 Å². The molecule has 0 aliphatic carbocycles. The molecule has 1 amide bonds. The van der Waals surface area contributed by atoms with Crippen molar-refractivity contribution in [3.8, 4) is 0 Å². The van der Waals surface area contributed by atoms with Gasteiger partial charge in [0.05, 0.1) is 11.1 Å². The lowest BCUT2D eigenvalue weighted by Crippen LogP contribution is -2.45. The molecule has 0 bridgehead atoms. The zero-order valence-electron chi connectivity index (χ0n) is 11.6. The number of amides is 1. The zero-order chi connectivity index (χ0) is 15.1. The fourth-order valence-corrected chi connectivity index (χ4v) is 2.40. The Hall–Kier alpha value is -2.83. The molecule has 21 heavy (non-hydrogen) atoms. The van der Waals surface area contributed by atoms with Crippen molar-refractivity contribution in [3.63, 3.8) is 0 Å². The highest BCUT2D eigenvalue weighted by Gasteiger charge is 2.26. The Morgan fingerprint density at radius 1 is 1.05 bits per heavy atom. The number of rotatable bonds is 1. The van der Waals surface area contributed by atoms with Crippen LogP contribution in [-0.4, -0.2) is 15.0 Å². The van der Waals surface area contributed by atoms with Gasteiger partial charge in [-0.05, 0) is 12.1 Å².